The molecule has 2 saturated carbocycles. The monoisotopic (exact) mass is 263 g/mol. The van der Waals surface area contributed by atoms with Crippen molar-refractivity contribution in [3.63, 3.8) is 0 Å². The summed E-state index contributed by atoms with van der Waals surface area (Å²) in [5.74, 6) is 1.55. The molecule has 0 amide bonds. The molecule has 3 unspecified atom stereocenters. The fourth-order valence-corrected chi connectivity index (χ4v) is 3.67. The quantitative estimate of drug-likeness (QED) is 0.888. The molecule has 0 bridgehead atoms. The molecule has 0 saturated heterocycles. The Hall–Kier alpha value is -0.620. The van der Waals surface area contributed by atoms with Crippen LogP contribution in [0.25, 0.3) is 0 Å². The van der Waals surface area contributed by atoms with E-state index in [1.165, 1.54) is 12.6 Å². The third-order valence-electron chi connectivity index (χ3n) is 3.78. The zero-order chi connectivity index (χ0) is 12.2. The van der Waals surface area contributed by atoms with Gasteiger partial charge in [-0.05, 0) is 37.0 Å². The van der Waals surface area contributed by atoms with Crippen molar-refractivity contribution >= 4 is 11.3 Å². The lowest BCUT2D eigenvalue weighted by Gasteiger charge is -2.17. The predicted molar refractivity (Wildman–Crippen MR) is 56.4 cm³/mol. The van der Waals surface area contributed by atoms with Crippen LogP contribution in [0, 0.1) is 17.8 Å². The van der Waals surface area contributed by atoms with Crippen LogP contribution in [0.4, 0.5) is 13.2 Å². The number of alkyl halides is 3. The van der Waals surface area contributed by atoms with Crippen LogP contribution in [0.15, 0.2) is 6.20 Å². The summed E-state index contributed by atoms with van der Waals surface area (Å²) in [5, 5.41) is 9.17. The van der Waals surface area contributed by atoms with Crippen LogP contribution < -0.4 is 0 Å². The van der Waals surface area contributed by atoms with Crippen LogP contribution in [0.3, 0.4) is 0 Å². The maximum Gasteiger partial charge on any atom is 0.443 e. The molecule has 6 heteroatoms. The van der Waals surface area contributed by atoms with Gasteiger partial charge in [-0.2, -0.15) is 13.2 Å². The van der Waals surface area contributed by atoms with Gasteiger partial charge >= 0.3 is 6.18 Å². The van der Waals surface area contributed by atoms with Crippen molar-refractivity contribution in [1.82, 2.24) is 4.98 Å². The van der Waals surface area contributed by atoms with E-state index in [0.717, 1.165) is 12.8 Å². The van der Waals surface area contributed by atoms with E-state index in [1.807, 2.05) is 0 Å². The molecule has 0 radical (unpaired) electrons. The van der Waals surface area contributed by atoms with Crippen LogP contribution in [-0.4, -0.2) is 10.1 Å². The summed E-state index contributed by atoms with van der Waals surface area (Å²) < 4.78 is 37.1. The smallest absolute Gasteiger partial charge is 0.387 e. The first-order valence-electron chi connectivity index (χ1n) is 5.66. The van der Waals surface area contributed by atoms with E-state index >= 15 is 0 Å². The van der Waals surface area contributed by atoms with Crippen molar-refractivity contribution in [3.05, 3.63) is 16.1 Å². The van der Waals surface area contributed by atoms with Crippen LogP contribution in [-0.2, 0) is 6.18 Å². The molecule has 17 heavy (non-hydrogen) atoms. The first-order valence-corrected chi connectivity index (χ1v) is 6.48. The highest BCUT2D eigenvalue weighted by Gasteiger charge is 2.48. The van der Waals surface area contributed by atoms with Gasteiger partial charge in [0.25, 0.3) is 0 Å². The van der Waals surface area contributed by atoms with E-state index in [9.17, 15) is 18.3 Å². The van der Waals surface area contributed by atoms with Crippen LogP contribution in [0.5, 0.6) is 0 Å². The molecule has 2 nitrogen and oxygen atoms in total. The highest BCUT2D eigenvalue weighted by Crippen LogP contribution is 2.57. The number of aliphatic hydroxyl groups is 1. The highest BCUT2D eigenvalue weighted by atomic mass is 32.1. The van der Waals surface area contributed by atoms with Gasteiger partial charge in [0.2, 0.25) is 0 Å². The Morgan fingerprint density at radius 2 is 1.94 bits per heavy atom. The van der Waals surface area contributed by atoms with Gasteiger partial charge in [-0.25, -0.2) is 4.98 Å². The Morgan fingerprint density at radius 3 is 2.47 bits per heavy atom. The topological polar surface area (TPSA) is 33.1 Å². The van der Waals surface area contributed by atoms with Gasteiger partial charge in [0, 0.05) is 6.20 Å². The molecule has 0 aliphatic heterocycles. The van der Waals surface area contributed by atoms with Crippen molar-refractivity contribution in [2.24, 2.45) is 17.8 Å². The summed E-state index contributed by atoms with van der Waals surface area (Å²) in [6.07, 6.45) is -0.866. The molecule has 94 valence electrons. The minimum Gasteiger partial charge on any atom is -0.387 e. The van der Waals surface area contributed by atoms with Gasteiger partial charge in [0.15, 0.2) is 5.01 Å². The Kier molecular flexibility index (Phi) is 2.49. The van der Waals surface area contributed by atoms with Crippen LogP contribution in [0.2, 0.25) is 0 Å². The van der Waals surface area contributed by atoms with Crippen LogP contribution >= 0.6 is 11.3 Å². The van der Waals surface area contributed by atoms with E-state index in [4.69, 9.17) is 0 Å². The van der Waals surface area contributed by atoms with Crippen molar-refractivity contribution in [3.8, 4) is 0 Å². The van der Waals surface area contributed by atoms with E-state index in [2.05, 4.69) is 4.98 Å². The highest BCUT2D eigenvalue weighted by molar-refractivity contribution is 7.11. The second-order valence-corrected chi connectivity index (χ2v) is 6.06. The van der Waals surface area contributed by atoms with E-state index in [0.29, 0.717) is 28.0 Å². The third kappa shape index (κ3) is 2.08. The number of aliphatic hydroxyl groups excluding tert-OH is 1. The number of thiazole rings is 1. The number of aromatic nitrogens is 1. The normalized spacial score (nSPS) is 33.5. The lowest BCUT2D eigenvalue weighted by atomic mass is 9.96. The van der Waals surface area contributed by atoms with E-state index < -0.39 is 17.3 Å². The molecule has 1 aromatic heterocycles. The molecule has 3 rings (SSSR count). The predicted octanol–water partition coefficient (Wildman–Crippen LogP) is 3.24. The summed E-state index contributed by atoms with van der Waals surface area (Å²) in [6.45, 7) is 0. The first kappa shape index (κ1) is 11.5. The van der Waals surface area contributed by atoms with Gasteiger partial charge < -0.3 is 5.11 Å². The summed E-state index contributed by atoms with van der Waals surface area (Å²) in [7, 11) is 0. The Morgan fingerprint density at radius 1 is 1.29 bits per heavy atom. The van der Waals surface area contributed by atoms with Gasteiger partial charge in [-0.15, -0.1) is 11.3 Å². The number of hydrogen-bond donors (Lipinski definition) is 1. The largest absolute Gasteiger partial charge is 0.443 e. The number of fused-ring (bicyclic) bond motifs is 1. The number of halogens is 3. The lowest BCUT2D eigenvalue weighted by molar-refractivity contribution is -0.137. The van der Waals surface area contributed by atoms with Crippen molar-refractivity contribution in [2.75, 3.05) is 0 Å². The average Bonchev–Trinajstić information content (AvgIpc) is 2.71. The Labute approximate surface area is 100 Å². The molecule has 2 aliphatic rings. The summed E-state index contributed by atoms with van der Waals surface area (Å²) >= 11 is 0.565. The van der Waals surface area contributed by atoms with E-state index in [1.54, 1.807) is 0 Å². The Balaban J connectivity index is 1.73. The van der Waals surface area contributed by atoms with Crippen molar-refractivity contribution in [2.45, 2.75) is 31.5 Å². The van der Waals surface area contributed by atoms with Crippen molar-refractivity contribution in [1.29, 1.82) is 0 Å². The van der Waals surface area contributed by atoms with Gasteiger partial charge in [-0.1, -0.05) is 0 Å². The molecule has 1 aromatic rings. The number of nitrogens with zero attached hydrogens (tertiary/aromatic N) is 1. The second kappa shape index (κ2) is 3.68. The van der Waals surface area contributed by atoms with Gasteiger partial charge in [-0.3, -0.25) is 0 Å². The SMILES string of the molecule is OC(c1cnc(C(F)(F)F)s1)C1CC2CC2C1. The summed E-state index contributed by atoms with van der Waals surface area (Å²) in [6, 6.07) is 0. The fourth-order valence-electron chi connectivity index (χ4n) is 2.81. The molecule has 0 aromatic carbocycles. The molecular formula is C11H12F3NOS. The molecule has 3 atom stereocenters. The zero-order valence-corrected chi connectivity index (χ0v) is 9.76. The lowest BCUT2D eigenvalue weighted by Crippen LogP contribution is -2.09. The van der Waals surface area contributed by atoms with Crippen LogP contribution in [0.1, 0.15) is 35.3 Å². The second-order valence-electron chi connectivity index (χ2n) is 5.00. The fraction of sp³-hybridized carbons (Fsp3) is 0.727. The molecular weight excluding hydrogens is 251 g/mol. The number of hydrogen-bond acceptors (Lipinski definition) is 3. The molecule has 0 spiro atoms. The minimum absolute atomic E-state index is 0.125. The molecule has 2 aliphatic carbocycles. The van der Waals surface area contributed by atoms with Gasteiger partial charge in [0.05, 0.1) is 11.0 Å². The summed E-state index contributed by atoms with van der Waals surface area (Å²) in [5.41, 5.74) is 0. The van der Waals surface area contributed by atoms with Crippen molar-refractivity contribution < 1.29 is 18.3 Å². The van der Waals surface area contributed by atoms with Gasteiger partial charge in [0.1, 0.15) is 0 Å². The average molecular weight is 263 g/mol. The molecule has 2 fully saturated rings. The minimum atomic E-state index is -4.40. The Bertz CT molecular complexity index is 421. The molecule has 1 N–H and O–H groups in total. The number of rotatable bonds is 2. The maximum atomic E-state index is 12.4. The molecule has 1 heterocycles. The third-order valence-corrected chi connectivity index (χ3v) is 4.90. The summed E-state index contributed by atoms with van der Waals surface area (Å²) in [4.78, 5) is 3.69. The maximum absolute atomic E-state index is 12.4. The first-order chi connectivity index (χ1) is 7.95. The van der Waals surface area contributed by atoms with E-state index in [-0.39, 0.29) is 5.92 Å². The standard InChI is InChI=1S/C11H12F3NOS/c12-11(13,14)10-15-4-8(17-10)9(16)7-2-5-1-6(5)3-7/h4-7,9,16H,1-3H2. The zero-order valence-electron chi connectivity index (χ0n) is 8.94.